The summed E-state index contributed by atoms with van der Waals surface area (Å²) >= 11 is 0. The van der Waals surface area contributed by atoms with Crippen molar-refractivity contribution in [1.29, 1.82) is 0 Å². The van der Waals surface area contributed by atoms with Crippen LogP contribution in [0.5, 0.6) is 0 Å². The largest absolute Gasteiger partial charge is 0.456 e. The molecule has 0 aliphatic rings. The Labute approximate surface area is 622 Å². The lowest BCUT2D eigenvalue weighted by Crippen LogP contribution is -2.01. The van der Waals surface area contributed by atoms with Crippen molar-refractivity contribution in [1.82, 2.24) is 17.6 Å². The van der Waals surface area contributed by atoms with Crippen molar-refractivity contribution in [3.63, 3.8) is 0 Å². The molecule has 110 heavy (non-hydrogen) atoms. The van der Waals surface area contributed by atoms with Gasteiger partial charge in [0, 0.05) is 140 Å². The molecule has 28 rings (SSSR count). The minimum Gasteiger partial charge on any atom is -0.456 e. The minimum absolute atomic E-state index is 0.132. The number of furan rings is 4. The van der Waals surface area contributed by atoms with Gasteiger partial charge >= 0.3 is 0 Å². The van der Waals surface area contributed by atoms with Crippen molar-refractivity contribution < 1.29 is 17.7 Å². The standard InChI is InChI=1S/C102H58N4O4/c1-49(2)78-88-64-35-22-33-56-66-46-65(82-61-30-14-20-40-74(61)110-102(82)96(66)106(92(56)64)98(88)79(50(3)4)87-63-34-21-32-55-57-42-43-58-54-27-13-18-38-72(54)109-101(58)95(57)105(91(55)63)97(78)87)53-41-44-75-67(45-53)84-77(108-75)48-69-90-81(52-25-9-6-10-26-52)99-89(80(51-23-7-5-8-24-51)100(90)104-71-37-17-12-29-60(71)86(84)94(69)104)68-47-76-83(62-31-15-19-39-73(62)107-76)85-59-28-11-16-36-70(59)103(99)93(68)85/h5-50H,1-4H3. The quantitative estimate of drug-likeness (QED) is 0.172. The summed E-state index contributed by atoms with van der Waals surface area (Å²) in [6, 6.07) is 98.9. The van der Waals surface area contributed by atoms with Crippen LogP contribution in [0.2, 0.25) is 0 Å². The van der Waals surface area contributed by atoms with Crippen LogP contribution in [0.4, 0.5) is 0 Å². The molecule has 12 heterocycles. The molecule has 0 radical (unpaired) electrons. The third kappa shape index (κ3) is 6.44. The normalized spacial score (nSPS) is 13.3. The van der Waals surface area contributed by atoms with Crippen LogP contribution in [0.3, 0.4) is 0 Å². The van der Waals surface area contributed by atoms with Gasteiger partial charge in [-0.2, -0.15) is 0 Å². The van der Waals surface area contributed by atoms with Gasteiger partial charge in [0.1, 0.15) is 33.5 Å². The molecule has 8 heteroatoms. The summed E-state index contributed by atoms with van der Waals surface area (Å²) in [5.74, 6) is 0.278. The zero-order valence-corrected chi connectivity index (χ0v) is 60.0. The van der Waals surface area contributed by atoms with Crippen molar-refractivity contribution in [3.8, 4) is 33.4 Å². The molecule has 0 saturated heterocycles. The average molecular weight is 1400 g/mol. The fourth-order valence-electron chi connectivity index (χ4n) is 22.0. The van der Waals surface area contributed by atoms with E-state index >= 15 is 0 Å². The summed E-state index contributed by atoms with van der Waals surface area (Å²) in [5.41, 5.74) is 30.8. The Balaban J connectivity index is 0.754. The highest BCUT2D eigenvalue weighted by atomic mass is 16.3. The second kappa shape index (κ2) is 19.4. The molecule has 0 aliphatic heterocycles. The Hall–Kier alpha value is -14.1. The number of hydrogen-bond donors (Lipinski definition) is 0. The molecular formula is C102H58N4O4. The van der Waals surface area contributed by atoms with Crippen molar-refractivity contribution in [2.24, 2.45) is 0 Å². The molecule has 0 unspecified atom stereocenters. The molecule has 0 N–H and O–H groups in total. The maximum atomic E-state index is 7.54. The summed E-state index contributed by atoms with van der Waals surface area (Å²) in [4.78, 5) is 0. The van der Waals surface area contributed by atoms with E-state index in [2.05, 4.69) is 312 Å². The van der Waals surface area contributed by atoms with Crippen LogP contribution in [0.15, 0.2) is 285 Å². The lowest BCUT2D eigenvalue weighted by molar-refractivity contribution is 0.669. The summed E-state index contributed by atoms with van der Waals surface area (Å²) in [6.45, 7) is 9.59. The van der Waals surface area contributed by atoms with Gasteiger partial charge in [-0.15, -0.1) is 0 Å². The van der Waals surface area contributed by atoms with Crippen molar-refractivity contribution in [3.05, 3.63) is 278 Å². The molecule has 8 nitrogen and oxygen atoms in total. The van der Waals surface area contributed by atoms with Crippen molar-refractivity contribution in [2.45, 2.75) is 39.5 Å². The van der Waals surface area contributed by atoms with Crippen LogP contribution in [0.25, 0.3) is 274 Å². The molecule has 28 aromatic rings. The van der Waals surface area contributed by atoms with Gasteiger partial charge in [-0.3, -0.25) is 0 Å². The number of para-hydroxylation sites is 7. The molecule has 0 amide bonds. The van der Waals surface area contributed by atoms with Crippen molar-refractivity contribution in [2.75, 3.05) is 0 Å². The second-order valence-corrected chi connectivity index (χ2v) is 31.8. The van der Waals surface area contributed by atoms with Gasteiger partial charge in [0.2, 0.25) is 0 Å². The predicted molar refractivity (Wildman–Crippen MR) is 459 cm³/mol. The van der Waals surface area contributed by atoms with Gasteiger partial charge in [0.25, 0.3) is 0 Å². The molecule has 0 fully saturated rings. The second-order valence-electron chi connectivity index (χ2n) is 31.8. The van der Waals surface area contributed by atoms with Gasteiger partial charge < -0.3 is 35.3 Å². The summed E-state index contributed by atoms with van der Waals surface area (Å²) < 4.78 is 39.5. The van der Waals surface area contributed by atoms with Crippen LogP contribution in [0, 0.1) is 0 Å². The Morgan fingerprint density at radius 1 is 0.209 bits per heavy atom. The lowest BCUT2D eigenvalue weighted by atomic mass is 9.87. The molecule has 0 spiro atoms. The fraction of sp³-hybridized carbons (Fsp3) is 0.0588. The highest BCUT2D eigenvalue weighted by Gasteiger charge is 2.37. The molecule has 510 valence electrons. The minimum atomic E-state index is 0.132. The Kier molecular flexibility index (Phi) is 10.1. The molecule has 16 aromatic carbocycles. The zero-order valence-electron chi connectivity index (χ0n) is 60.0. The third-order valence-corrected chi connectivity index (χ3v) is 25.9. The molecule has 0 atom stereocenters. The van der Waals surface area contributed by atoms with Crippen molar-refractivity contribution >= 4 is 240 Å². The van der Waals surface area contributed by atoms with Gasteiger partial charge in [0.05, 0.1) is 66.2 Å². The third-order valence-electron chi connectivity index (χ3n) is 25.9. The van der Waals surface area contributed by atoms with E-state index in [0.29, 0.717) is 0 Å². The number of hydrogen-bond acceptors (Lipinski definition) is 4. The molecule has 0 saturated carbocycles. The highest BCUT2D eigenvalue weighted by Crippen LogP contribution is 2.60. The van der Waals surface area contributed by atoms with Gasteiger partial charge in [-0.05, 0) is 112 Å². The van der Waals surface area contributed by atoms with E-state index in [9.17, 15) is 0 Å². The van der Waals surface area contributed by atoms with E-state index in [0.717, 1.165) is 154 Å². The van der Waals surface area contributed by atoms with E-state index in [1.165, 1.54) is 131 Å². The first kappa shape index (κ1) is 57.2. The first-order valence-electron chi connectivity index (χ1n) is 38.5. The first-order valence-corrected chi connectivity index (χ1v) is 38.5. The zero-order chi connectivity index (χ0) is 71.4. The number of nitrogens with zero attached hydrogens (tertiary/aromatic N) is 4. The van der Waals surface area contributed by atoms with Crippen LogP contribution in [-0.2, 0) is 0 Å². The summed E-state index contributed by atoms with van der Waals surface area (Å²) in [7, 11) is 0. The smallest absolute Gasteiger partial charge is 0.160 e. The molecule has 0 aliphatic carbocycles. The molecule has 0 bridgehead atoms. The van der Waals surface area contributed by atoms with E-state index < -0.39 is 0 Å². The SMILES string of the molecule is CC(C)c1c2c3cccc4c5cc(-c6ccc7oc8cc9c%10c(-c%11ccccc%11)c%11c(c(-c%12ccccc%12)c%10n%10c%12ccccc%12c(c8c7c6)c9%10)c6cc7oc8ccccc8c7c7c8ccccc8n%11c67)c6c7ccccc7oc6c5n(c2c(C(C)C)c2c5cccc6c7ccc8c9ccccc9oc8c7n(c12)c65)c43. The van der Waals surface area contributed by atoms with Crippen LogP contribution in [0.1, 0.15) is 50.7 Å². The van der Waals surface area contributed by atoms with Gasteiger partial charge in [-0.25, -0.2) is 0 Å². The fourth-order valence-corrected chi connectivity index (χ4v) is 22.0. The first-order chi connectivity index (χ1) is 54.3. The van der Waals surface area contributed by atoms with E-state index in [4.69, 9.17) is 17.7 Å². The average Bonchev–Trinajstić information content (AvgIpc) is 1.49. The Morgan fingerprint density at radius 3 is 1.21 bits per heavy atom. The van der Waals surface area contributed by atoms with Crippen LogP contribution in [-0.4, -0.2) is 17.6 Å². The van der Waals surface area contributed by atoms with Gasteiger partial charge in [0.15, 0.2) is 11.2 Å². The number of fused-ring (bicyclic) bond motifs is 40. The highest BCUT2D eigenvalue weighted by molar-refractivity contribution is 6.44. The molecular weight excluding hydrogens is 1350 g/mol. The Bertz CT molecular complexity index is 9060. The van der Waals surface area contributed by atoms with E-state index in [1.54, 1.807) is 0 Å². The number of benzene rings is 16. The van der Waals surface area contributed by atoms with Crippen LogP contribution < -0.4 is 0 Å². The topological polar surface area (TPSA) is 70.2 Å². The van der Waals surface area contributed by atoms with E-state index in [1.807, 2.05) is 0 Å². The van der Waals surface area contributed by atoms with Crippen LogP contribution >= 0.6 is 0 Å². The summed E-state index contributed by atoms with van der Waals surface area (Å²) in [5, 5.41) is 28.3. The van der Waals surface area contributed by atoms with Gasteiger partial charge in [-0.1, -0.05) is 228 Å². The Morgan fingerprint density at radius 2 is 0.636 bits per heavy atom. The maximum Gasteiger partial charge on any atom is 0.160 e. The molecule has 12 aromatic heterocycles. The summed E-state index contributed by atoms with van der Waals surface area (Å²) in [6.07, 6.45) is 0. The lowest BCUT2D eigenvalue weighted by Gasteiger charge is -2.19. The number of aromatic nitrogens is 4. The monoisotopic (exact) mass is 1400 g/mol. The maximum absolute atomic E-state index is 7.54. The number of rotatable bonds is 5. The predicted octanol–water partition coefficient (Wildman–Crippen LogP) is 29.1. The van der Waals surface area contributed by atoms with E-state index in [-0.39, 0.29) is 11.8 Å².